The van der Waals surface area contributed by atoms with Crippen molar-refractivity contribution in [1.29, 1.82) is 0 Å². The Labute approximate surface area is 119 Å². The van der Waals surface area contributed by atoms with E-state index in [1.54, 1.807) is 11.3 Å². The van der Waals surface area contributed by atoms with Crippen molar-refractivity contribution >= 4 is 11.3 Å². The van der Waals surface area contributed by atoms with E-state index in [9.17, 15) is 0 Å². The van der Waals surface area contributed by atoms with Crippen LogP contribution in [-0.4, -0.2) is 54.2 Å². The van der Waals surface area contributed by atoms with Gasteiger partial charge < -0.3 is 10.0 Å². The standard InChI is InChI=1S/C15H22N2OS/c1-3-14-11-17(8-7-16(14)2)12-15-13(5-4-9-18)6-10-19-15/h6,10,14,18H,3,7-9,11-12H2,1-2H3. The molecule has 2 rings (SSSR count). The number of thiophene rings is 1. The Kier molecular flexibility index (Phi) is 5.41. The van der Waals surface area contributed by atoms with Gasteiger partial charge in [-0.2, -0.15) is 0 Å². The average molecular weight is 278 g/mol. The van der Waals surface area contributed by atoms with Gasteiger partial charge in [0.05, 0.1) is 0 Å². The Morgan fingerprint density at radius 1 is 1.47 bits per heavy atom. The third kappa shape index (κ3) is 3.80. The van der Waals surface area contributed by atoms with Crippen LogP contribution in [0.1, 0.15) is 23.8 Å². The molecule has 1 aliphatic rings. The van der Waals surface area contributed by atoms with Crippen LogP contribution in [0, 0.1) is 11.8 Å². The monoisotopic (exact) mass is 278 g/mol. The van der Waals surface area contributed by atoms with Crippen LogP contribution in [0.2, 0.25) is 0 Å². The molecule has 1 N–H and O–H groups in total. The Balaban J connectivity index is 1.99. The summed E-state index contributed by atoms with van der Waals surface area (Å²) in [5.74, 6) is 5.78. The van der Waals surface area contributed by atoms with E-state index >= 15 is 0 Å². The number of aliphatic hydroxyl groups is 1. The topological polar surface area (TPSA) is 26.7 Å². The minimum Gasteiger partial charge on any atom is -0.384 e. The normalized spacial score (nSPS) is 21.1. The summed E-state index contributed by atoms with van der Waals surface area (Å²) < 4.78 is 0. The summed E-state index contributed by atoms with van der Waals surface area (Å²) in [6.07, 6.45) is 1.20. The quantitative estimate of drug-likeness (QED) is 0.851. The number of hydrogen-bond acceptors (Lipinski definition) is 4. The molecule has 0 saturated carbocycles. The predicted octanol–water partition coefficient (Wildman–Crippen LogP) is 1.62. The van der Waals surface area contributed by atoms with Crippen LogP contribution in [-0.2, 0) is 6.54 Å². The minimum atomic E-state index is -0.0678. The Morgan fingerprint density at radius 3 is 3.05 bits per heavy atom. The maximum absolute atomic E-state index is 8.79. The third-order valence-electron chi connectivity index (χ3n) is 3.75. The van der Waals surface area contributed by atoms with Crippen molar-refractivity contribution in [2.24, 2.45) is 0 Å². The van der Waals surface area contributed by atoms with Crippen molar-refractivity contribution in [3.05, 3.63) is 21.9 Å². The number of piperazine rings is 1. The summed E-state index contributed by atoms with van der Waals surface area (Å²) in [6.45, 7) is 6.57. The Morgan fingerprint density at radius 2 is 2.32 bits per heavy atom. The molecule has 0 aliphatic carbocycles. The summed E-state index contributed by atoms with van der Waals surface area (Å²) >= 11 is 1.76. The van der Waals surface area contributed by atoms with Crippen molar-refractivity contribution < 1.29 is 5.11 Å². The van der Waals surface area contributed by atoms with Crippen LogP contribution in [0.25, 0.3) is 0 Å². The molecule has 0 spiro atoms. The highest BCUT2D eigenvalue weighted by molar-refractivity contribution is 7.10. The first kappa shape index (κ1) is 14.5. The van der Waals surface area contributed by atoms with Crippen LogP contribution < -0.4 is 0 Å². The second-order valence-electron chi connectivity index (χ2n) is 5.00. The van der Waals surface area contributed by atoms with E-state index in [2.05, 4.69) is 47.1 Å². The van der Waals surface area contributed by atoms with Gasteiger partial charge in [0.2, 0.25) is 0 Å². The first-order valence-corrected chi connectivity index (χ1v) is 7.71. The third-order valence-corrected chi connectivity index (χ3v) is 4.65. The van der Waals surface area contributed by atoms with Crippen LogP contribution in [0.5, 0.6) is 0 Å². The van der Waals surface area contributed by atoms with Gasteiger partial charge in [0.1, 0.15) is 6.61 Å². The molecular weight excluding hydrogens is 256 g/mol. The van der Waals surface area contributed by atoms with Crippen LogP contribution in [0.15, 0.2) is 11.4 Å². The van der Waals surface area contributed by atoms with Gasteiger partial charge in [-0.25, -0.2) is 0 Å². The highest BCUT2D eigenvalue weighted by Crippen LogP contribution is 2.20. The average Bonchev–Trinajstić information content (AvgIpc) is 2.86. The van der Waals surface area contributed by atoms with Gasteiger partial charge in [0, 0.05) is 42.7 Å². The van der Waals surface area contributed by atoms with E-state index in [-0.39, 0.29) is 6.61 Å². The summed E-state index contributed by atoms with van der Waals surface area (Å²) in [6, 6.07) is 2.72. The summed E-state index contributed by atoms with van der Waals surface area (Å²) in [7, 11) is 2.22. The molecule has 0 amide bonds. The van der Waals surface area contributed by atoms with Gasteiger partial charge in [-0.05, 0) is 24.9 Å². The fourth-order valence-electron chi connectivity index (χ4n) is 2.51. The van der Waals surface area contributed by atoms with Gasteiger partial charge in [-0.15, -0.1) is 11.3 Å². The van der Waals surface area contributed by atoms with Crippen molar-refractivity contribution in [1.82, 2.24) is 9.80 Å². The zero-order chi connectivity index (χ0) is 13.7. The number of hydrogen-bond donors (Lipinski definition) is 1. The zero-order valence-electron chi connectivity index (χ0n) is 11.7. The van der Waals surface area contributed by atoms with E-state index in [0.29, 0.717) is 6.04 Å². The lowest BCUT2D eigenvalue weighted by Gasteiger charge is -2.39. The van der Waals surface area contributed by atoms with E-state index in [0.717, 1.165) is 31.7 Å². The van der Waals surface area contributed by atoms with E-state index in [4.69, 9.17) is 5.11 Å². The lowest BCUT2D eigenvalue weighted by molar-refractivity contribution is 0.0890. The predicted molar refractivity (Wildman–Crippen MR) is 80.3 cm³/mol. The number of rotatable bonds is 3. The van der Waals surface area contributed by atoms with E-state index < -0.39 is 0 Å². The SMILES string of the molecule is CCC1CN(Cc2sccc2C#CCO)CCN1C. The summed E-state index contributed by atoms with van der Waals surface area (Å²) in [4.78, 5) is 6.29. The lowest BCUT2D eigenvalue weighted by atomic mass is 10.1. The molecule has 0 radical (unpaired) electrons. The highest BCUT2D eigenvalue weighted by Gasteiger charge is 2.23. The molecule has 0 bridgehead atoms. The molecule has 1 atom stereocenters. The van der Waals surface area contributed by atoms with Gasteiger partial charge in [-0.3, -0.25) is 4.90 Å². The molecule has 1 aromatic rings. The second-order valence-corrected chi connectivity index (χ2v) is 6.00. The van der Waals surface area contributed by atoms with Gasteiger partial charge in [-0.1, -0.05) is 18.8 Å². The molecule has 1 aliphatic heterocycles. The largest absolute Gasteiger partial charge is 0.384 e. The van der Waals surface area contributed by atoms with Crippen LogP contribution in [0.3, 0.4) is 0 Å². The van der Waals surface area contributed by atoms with Gasteiger partial charge in [0.25, 0.3) is 0 Å². The molecule has 1 saturated heterocycles. The highest BCUT2D eigenvalue weighted by atomic mass is 32.1. The number of aliphatic hydroxyl groups excluding tert-OH is 1. The molecule has 0 aromatic carbocycles. The van der Waals surface area contributed by atoms with Gasteiger partial charge >= 0.3 is 0 Å². The van der Waals surface area contributed by atoms with Crippen LogP contribution >= 0.6 is 11.3 Å². The van der Waals surface area contributed by atoms with Crippen molar-refractivity contribution in [2.45, 2.75) is 25.9 Å². The molecule has 3 nitrogen and oxygen atoms in total. The second kappa shape index (κ2) is 7.06. The lowest BCUT2D eigenvalue weighted by Crippen LogP contribution is -2.50. The first-order chi connectivity index (χ1) is 9.24. The van der Waals surface area contributed by atoms with Crippen LogP contribution in [0.4, 0.5) is 0 Å². The fourth-order valence-corrected chi connectivity index (χ4v) is 3.38. The molecule has 104 valence electrons. The van der Waals surface area contributed by atoms with Crippen molar-refractivity contribution in [2.75, 3.05) is 33.3 Å². The van der Waals surface area contributed by atoms with Crippen molar-refractivity contribution in [3.63, 3.8) is 0 Å². The maximum Gasteiger partial charge on any atom is 0.104 e. The fraction of sp³-hybridized carbons (Fsp3) is 0.600. The Bertz CT molecular complexity index is 460. The van der Waals surface area contributed by atoms with Gasteiger partial charge in [0.15, 0.2) is 0 Å². The first-order valence-electron chi connectivity index (χ1n) is 6.83. The minimum absolute atomic E-state index is 0.0678. The van der Waals surface area contributed by atoms with Crippen molar-refractivity contribution in [3.8, 4) is 11.8 Å². The molecular formula is C15H22N2OS. The maximum atomic E-state index is 8.79. The number of nitrogens with zero attached hydrogens (tertiary/aromatic N) is 2. The molecule has 1 fully saturated rings. The summed E-state index contributed by atoms with van der Waals surface area (Å²) in [5, 5.41) is 10.9. The molecule has 1 aromatic heterocycles. The molecule has 4 heteroatoms. The van der Waals surface area contributed by atoms with E-state index in [1.807, 2.05) is 0 Å². The molecule has 2 heterocycles. The zero-order valence-corrected chi connectivity index (χ0v) is 12.5. The summed E-state index contributed by atoms with van der Waals surface area (Å²) in [5.41, 5.74) is 1.08. The smallest absolute Gasteiger partial charge is 0.104 e. The Hall–Kier alpha value is -0.860. The molecule has 1 unspecified atom stereocenters. The molecule has 19 heavy (non-hydrogen) atoms. The van der Waals surface area contributed by atoms with E-state index in [1.165, 1.54) is 11.3 Å². The number of likely N-dealkylation sites (N-methyl/N-ethyl adjacent to an activating group) is 1.